The van der Waals surface area contributed by atoms with Crippen molar-refractivity contribution in [1.82, 2.24) is 5.32 Å². The van der Waals surface area contributed by atoms with E-state index in [2.05, 4.69) is 49.5 Å². The van der Waals surface area contributed by atoms with E-state index in [0.29, 0.717) is 6.04 Å². The summed E-state index contributed by atoms with van der Waals surface area (Å²) in [4.78, 5) is 0. The Balaban J connectivity index is 2.35. The maximum Gasteiger partial charge on any atom is 0.0480 e. The molecule has 1 atom stereocenters. The van der Waals surface area contributed by atoms with Gasteiger partial charge in [-0.1, -0.05) is 44.2 Å². The van der Waals surface area contributed by atoms with E-state index in [1.807, 2.05) is 0 Å². The van der Waals surface area contributed by atoms with Crippen molar-refractivity contribution in [2.24, 2.45) is 0 Å². The first-order chi connectivity index (χ1) is 8.86. The van der Waals surface area contributed by atoms with Crippen molar-refractivity contribution in [2.45, 2.75) is 45.6 Å². The van der Waals surface area contributed by atoms with Gasteiger partial charge in [0.15, 0.2) is 0 Å². The van der Waals surface area contributed by atoms with Crippen molar-refractivity contribution < 1.29 is 4.74 Å². The number of nitrogens with one attached hydrogen (secondary N) is 1. The van der Waals surface area contributed by atoms with Crippen LogP contribution in [0.15, 0.2) is 30.3 Å². The average Bonchev–Trinajstić information content (AvgIpc) is 2.41. The van der Waals surface area contributed by atoms with Gasteiger partial charge in [0.25, 0.3) is 0 Å². The van der Waals surface area contributed by atoms with Crippen molar-refractivity contribution in [3.8, 4) is 0 Å². The Morgan fingerprint density at radius 1 is 1.06 bits per heavy atom. The fraction of sp³-hybridized carbons (Fsp3) is 0.625. The highest BCUT2D eigenvalue weighted by Gasteiger charge is 2.08. The van der Waals surface area contributed by atoms with E-state index in [1.54, 1.807) is 0 Å². The number of hydrogen-bond acceptors (Lipinski definition) is 2. The van der Waals surface area contributed by atoms with Gasteiger partial charge in [-0.3, -0.25) is 0 Å². The van der Waals surface area contributed by atoms with Gasteiger partial charge in [-0.2, -0.15) is 0 Å². The molecule has 0 saturated carbocycles. The molecule has 102 valence electrons. The highest BCUT2D eigenvalue weighted by atomic mass is 16.5. The van der Waals surface area contributed by atoms with Crippen LogP contribution in [0, 0.1) is 0 Å². The van der Waals surface area contributed by atoms with Crippen LogP contribution in [-0.2, 0) is 11.2 Å². The molecule has 1 unspecified atom stereocenters. The first-order valence-corrected chi connectivity index (χ1v) is 7.21. The summed E-state index contributed by atoms with van der Waals surface area (Å²) < 4.78 is 5.59. The highest BCUT2D eigenvalue weighted by Crippen LogP contribution is 2.06. The fourth-order valence-corrected chi connectivity index (χ4v) is 2.00. The lowest BCUT2D eigenvalue weighted by atomic mass is 10.0. The lowest BCUT2D eigenvalue weighted by Crippen LogP contribution is -2.33. The molecular formula is C16H27NO. The fourth-order valence-electron chi connectivity index (χ4n) is 2.00. The minimum absolute atomic E-state index is 0.532. The molecule has 0 fully saturated rings. The first-order valence-electron chi connectivity index (χ1n) is 7.21. The second kappa shape index (κ2) is 10.1. The van der Waals surface area contributed by atoms with E-state index in [9.17, 15) is 0 Å². The predicted molar refractivity (Wildman–Crippen MR) is 78.0 cm³/mol. The van der Waals surface area contributed by atoms with Gasteiger partial charge in [-0.05, 0) is 37.8 Å². The molecule has 0 aliphatic carbocycles. The average molecular weight is 249 g/mol. The Bertz CT molecular complexity index is 286. The van der Waals surface area contributed by atoms with E-state index in [0.717, 1.165) is 39.0 Å². The van der Waals surface area contributed by atoms with Gasteiger partial charge in [0.05, 0.1) is 0 Å². The Labute approximate surface area is 112 Å². The third-order valence-electron chi connectivity index (χ3n) is 2.97. The molecular weight excluding hydrogens is 222 g/mol. The Kier molecular flexibility index (Phi) is 8.53. The van der Waals surface area contributed by atoms with Gasteiger partial charge in [-0.15, -0.1) is 0 Å². The van der Waals surface area contributed by atoms with E-state index >= 15 is 0 Å². The summed E-state index contributed by atoms with van der Waals surface area (Å²) in [5.74, 6) is 0. The SMILES string of the molecule is CCCNC(CCOCCC)Cc1ccccc1. The van der Waals surface area contributed by atoms with Crippen molar-refractivity contribution in [1.29, 1.82) is 0 Å². The molecule has 18 heavy (non-hydrogen) atoms. The summed E-state index contributed by atoms with van der Waals surface area (Å²) in [6.45, 7) is 7.19. The quantitative estimate of drug-likeness (QED) is 0.642. The van der Waals surface area contributed by atoms with Crippen molar-refractivity contribution in [3.05, 3.63) is 35.9 Å². The molecule has 0 amide bonds. The number of hydrogen-bond donors (Lipinski definition) is 1. The van der Waals surface area contributed by atoms with Crippen LogP contribution >= 0.6 is 0 Å². The molecule has 0 aromatic heterocycles. The Morgan fingerprint density at radius 2 is 1.83 bits per heavy atom. The zero-order valence-electron chi connectivity index (χ0n) is 11.8. The Hall–Kier alpha value is -0.860. The van der Waals surface area contributed by atoms with E-state index in [-0.39, 0.29) is 0 Å². The lowest BCUT2D eigenvalue weighted by molar-refractivity contribution is 0.124. The molecule has 0 aliphatic rings. The third-order valence-corrected chi connectivity index (χ3v) is 2.97. The molecule has 2 heteroatoms. The predicted octanol–water partition coefficient (Wildman–Crippen LogP) is 3.41. The third kappa shape index (κ3) is 6.77. The molecule has 1 aromatic rings. The van der Waals surface area contributed by atoms with E-state index in [1.165, 1.54) is 12.0 Å². The largest absolute Gasteiger partial charge is 0.381 e. The summed E-state index contributed by atoms with van der Waals surface area (Å²) in [7, 11) is 0. The van der Waals surface area contributed by atoms with Crippen LogP contribution in [0.2, 0.25) is 0 Å². The first kappa shape index (κ1) is 15.2. The van der Waals surface area contributed by atoms with Gasteiger partial charge in [-0.25, -0.2) is 0 Å². The molecule has 2 nitrogen and oxygen atoms in total. The van der Waals surface area contributed by atoms with Gasteiger partial charge in [0.2, 0.25) is 0 Å². The second-order valence-electron chi connectivity index (χ2n) is 4.74. The standard InChI is InChI=1S/C16H27NO/c1-3-11-17-16(10-13-18-12-4-2)14-15-8-6-5-7-9-15/h5-9,16-17H,3-4,10-14H2,1-2H3. The summed E-state index contributed by atoms with van der Waals surface area (Å²) in [6, 6.07) is 11.2. The van der Waals surface area contributed by atoms with E-state index < -0.39 is 0 Å². The van der Waals surface area contributed by atoms with Crippen LogP contribution in [0.3, 0.4) is 0 Å². The molecule has 0 bridgehead atoms. The van der Waals surface area contributed by atoms with Crippen molar-refractivity contribution in [2.75, 3.05) is 19.8 Å². The molecule has 0 heterocycles. The van der Waals surface area contributed by atoms with Gasteiger partial charge >= 0.3 is 0 Å². The summed E-state index contributed by atoms with van der Waals surface area (Å²) in [6.07, 6.45) is 4.47. The monoisotopic (exact) mass is 249 g/mol. The lowest BCUT2D eigenvalue weighted by Gasteiger charge is -2.18. The highest BCUT2D eigenvalue weighted by molar-refractivity contribution is 5.15. The molecule has 1 rings (SSSR count). The van der Waals surface area contributed by atoms with Crippen LogP contribution < -0.4 is 5.32 Å². The van der Waals surface area contributed by atoms with Crippen LogP contribution in [0.5, 0.6) is 0 Å². The molecule has 0 saturated heterocycles. The summed E-state index contributed by atoms with van der Waals surface area (Å²) in [5.41, 5.74) is 1.40. The van der Waals surface area contributed by atoms with Crippen molar-refractivity contribution >= 4 is 0 Å². The molecule has 0 spiro atoms. The van der Waals surface area contributed by atoms with E-state index in [4.69, 9.17) is 4.74 Å². The van der Waals surface area contributed by atoms with Gasteiger partial charge in [0, 0.05) is 19.3 Å². The Morgan fingerprint density at radius 3 is 2.50 bits per heavy atom. The van der Waals surface area contributed by atoms with Crippen LogP contribution in [-0.4, -0.2) is 25.8 Å². The molecule has 1 N–H and O–H groups in total. The normalized spacial score (nSPS) is 12.6. The maximum absolute atomic E-state index is 5.59. The molecule has 0 aliphatic heterocycles. The van der Waals surface area contributed by atoms with Gasteiger partial charge in [0.1, 0.15) is 0 Å². The molecule has 1 aromatic carbocycles. The van der Waals surface area contributed by atoms with Crippen LogP contribution in [0.1, 0.15) is 38.7 Å². The summed E-state index contributed by atoms with van der Waals surface area (Å²) >= 11 is 0. The van der Waals surface area contributed by atoms with Gasteiger partial charge < -0.3 is 10.1 Å². The smallest absolute Gasteiger partial charge is 0.0480 e. The second-order valence-corrected chi connectivity index (χ2v) is 4.74. The minimum Gasteiger partial charge on any atom is -0.381 e. The summed E-state index contributed by atoms with van der Waals surface area (Å²) in [5, 5.41) is 3.61. The zero-order chi connectivity index (χ0) is 13.1. The zero-order valence-corrected chi connectivity index (χ0v) is 11.8. The molecule has 0 radical (unpaired) electrons. The number of rotatable bonds is 10. The number of ether oxygens (including phenoxy) is 1. The topological polar surface area (TPSA) is 21.3 Å². The maximum atomic E-state index is 5.59. The van der Waals surface area contributed by atoms with Crippen LogP contribution in [0.4, 0.5) is 0 Å². The minimum atomic E-state index is 0.532. The van der Waals surface area contributed by atoms with Crippen LogP contribution in [0.25, 0.3) is 0 Å². The van der Waals surface area contributed by atoms with Crippen molar-refractivity contribution in [3.63, 3.8) is 0 Å². The number of benzene rings is 1.